The van der Waals surface area contributed by atoms with Gasteiger partial charge in [-0.25, -0.2) is 4.98 Å². The molecule has 0 radical (unpaired) electrons. The van der Waals surface area contributed by atoms with E-state index in [9.17, 15) is 0 Å². The van der Waals surface area contributed by atoms with Crippen molar-refractivity contribution in [1.29, 1.82) is 0 Å². The van der Waals surface area contributed by atoms with Gasteiger partial charge in [0.2, 0.25) is 0 Å². The average Bonchev–Trinajstić information content (AvgIpc) is 3.18. The zero-order chi connectivity index (χ0) is 17.2. The van der Waals surface area contributed by atoms with Crippen LogP contribution in [0.2, 0.25) is 0 Å². The van der Waals surface area contributed by atoms with Gasteiger partial charge in [0.05, 0.1) is 18.3 Å². The van der Waals surface area contributed by atoms with E-state index in [-0.39, 0.29) is 5.54 Å². The molecule has 2 aromatic rings. The van der Waals surface area contributed by atoms with E-state index < -0.39 is 0 Å². The first-order valence-corrected chi connectivity index (χ1v) is 8.94. The Morgan fingerprint density at radius 1 is 1.04 bits per heavy atom. The predicted molar refractivity (Wildman–Crippen MR) is 95.7 cm³/mol. The number of imidazole rings is 1. The lowest BCUT2D eigenvalue weighted by molar-refractivity contribution is 0.119. The van der Waals surface area contributed by atoms with Crippen LogP contribution in [0.3, 0.4) is 0 Å². The summed E-state index contributed by atoms with van der Waals surface area (Å²) >= 11 is 0. The summed E-state index contributed by atoms with van der Waals surface area (Å²) in [6.45, 7) is 16.1. The van der Waals surface area contributed by atoms with Gasteiger partial charge in [-0.05, 0) is 27.7 Å². The van der Waals surface area contributed by atoms with Crippen molar-refractivity contribution in [2.24, 2.45) is 0 Å². The lowest BCUT2D eigenvalue weighted by atomic mass is 10.1. The lowest BCUT2D eigenvalue weighted by Crippen LogP contribution is -2.45. The van der Waals surface area contributed by atoms with Crippen molar-refractivity contribution < 1.29 is 0 Å². The van der Waals surface area contributed by atoms with Crippen molar-refractivity contribution in [3.8, 4) is 0 Å². The summed E-state index contributed by atoms with van der Waals surface area (Å²) < 4.78 is 4.29. The summed E-state index contributed by atoms with van der Waals surface area (Å²) in [5.41, 5.74) is 1.36. The summed E-state index contributed by atoms with van der Waals surface area (Å²) in [6, 6.07) is 0. The van der Waals surface area contributed by atoms with Crippen molar-refractivity contribution in [2.45, 2.75) is 52.9 Å². The van der Waals surface area contributed by atoms with Gasteiger partial charge in [-0.1, -0.05) is 0 Å². The smallest absolute Gasteiger partial charge is 0.122 e. The molecule has 0 N–H and O–H groups in total. The molecule has 1 aliphatic rings. The highest BCUT2D eigenvalue weighted by Crippen LogP contribution is 2.15. The third-order valence-electron chi connectivity index (χ3n) is 4.70. The molecule has 0 spiro atoms. The fourth-order valence-electron chi connectivity index (χ4n) is 3.15. The van der Waals surface area contributed by atoms with Crippen molar-refractivity contribution in [2.75, 3.05) is 26.2 Å². The molecule has 0 aromatic carbocycles. The molecule has 24 heavy (non-hydrogen) atoms. The molecule has 1 fully saturated rings. The van der Waals surface area contributed by atoms with Crippen LogP contribution in [0.5, 0.6) is 0 Å². The number of nitrogens with zero attached hydrogens (tertiary/aromatic N) is 6. The molecule has 0 saturated carbocycles. The Kier molecular flexibility index (Phi) is 5.06. The minimum Gasteiger partial charge on any atom is -0.334 e. The summed E-state index contributed by atoms with van der Waals surface area (Å²) in [4.78, 5) is 9.51. The average molecular weight is 330 g/mol. The second kappa shape index (κ2) is 7.07. The van der Waals surface area contributed by atoms with Gasteiger partial charge in [0.25, 0.3) is 0 Å². The van der Waals surface area contributed by atoms with Gasteiger partial charge in [0.15, 0.2) is 0 Å². The lowest BCUT2D eigenvalue weighted by Gasteiger charge is -2.34. The number of hydrogen-bond donors (Lipinski definition) is 0. The number of rotatable bonds is 5. The summed E-state index contributed by atoms with van der Waals surface area (Å²) in [6.07, 6.45) is 8.17. The van der Waals surface area contributed by atoms with E-state index in [0.717, 1.165) is 45.8 Å². The highest BCUT2D eigenvalue weighted by atomic mass is 15.3. The van der Waals surface area contributed by atoms with Crippen LogP contribution < -0.4 is 0 Å². The van der Waals surface area contributed by atoms with Gasteiger partial charge >= 0.3 is 0 Å². The first-order chi connectivity index (χ1) is 11.5. The van der Waals surface area contributed by atoms with Crippen molar-refractivity contribution >= 4 is 0 Å². The van der Waals surface area contributed by atoms with E-state index >= 15 is 0 Å². The standard InChI is InChI=1S/C18H30N6/c1-5-23-7-6-19-17(23)15-22-10-8-21(9-11-22)13-16-12-20-24(14-16)18(2,3)4/h6-7,12,14H,5,8-11,13,15H2,1-4H3. The largest absolute Gasteiger partial charge is 0.334 e. The highest BCUT2D eigenvalue weighted by Gasteiger charge is 2.20. The maximum absolute atomic E-state index is 4.51. The monoisotopic (exact) mass is 330 g/mol. The van der Waals surface area contributed by atoms with E-state index in [1.807, 2.05) is 12.4 Å². The summed E-state index contributed by atoms with van der Waals surface area (Å²) in [5.74, 6) is 1.18. The molecule has 1 aliphatic heterocycles. The van der Waals surface area contributed by atoms with E-state index in [0.29, 0.717) is 0 Å². The number of aromatic nitrogens is 4. The summed E-state index contributed by atoms with van der Waals surface area (Å²) in [5, 5.41) is 4.51. The number of piperazine rings is 1. The Morgan fingerprint density at radius 2 is 1.71 bits per heavy atom. The van der Waals surface area contributed by atoms with Crippen molar-refractivity contribution in [3.63, 3.8) is 0 Å². The van der Waals surface area contributed by atoms with Crippen LogP contribution in [0.1, 0.15) is 39.1 Å². The Hall–Kier alpha value is -1.66. The Labute approximate surface area is 145 Å². The Balaban J connectivity index is 1.49. The molecule has 0 bridgehead atoms. The van der Waals surface area contributed by atoms with Crippen LogP contribution >= 0.6 is 0 Å². The molecule has 0 aliphatic carbocycles. The van der Waals surface area contributed by atoms with Crippen LogP contribution in [0.25, 0.3) is 0 Å². The van der Waals surface area contributed by atoms with Gasteiger partial charge in [-0.3, -0.25) is 14.5 Å². The fraction of sp³-hybridized carbons (Fsp3) is 0.667. The first-order valence-electron chi connectivity index (χ1n) is 8.94. The topological polar surface area (TPSA) is 42.1 Å². The molecule has 132 valence electrons. The van der Waals surface area contributed by atoms with E-state index in [2.05, 4.69) is 69.2 Å². The third kappa shape index (κ3) is 4.05. The first kappa shape index (κ1) is 17.2. The molecule has 0 unspecified atom stereocenters. The second-order valence-corrected chi connectivity index (χ2v) is 7.65. The van der Waals surface area contributed by atoms with E-state index in [1.165, 1.54) is 11.4 Å². The van der Waals surface area contributed by atoms with E-state index in [4.69, 9.17) is 0 Å². The quantitative estimate of drug-likeness (QED) is 0.843. The highest BCUT2D eigenvalue weighted by molar-refractivity contribution is 5.05. The molecule has 6 nitrogen and oxygen atoms in total. The van der Waals surface area contributed by atoms with Crippen molar-refractivity contribution in [1.82, 2.24) is 29.1 Å². The van der Waals surface area contributed by atoms with Crippen molar-refractivity contribution in [3.05, 3.63) is 36.2 Å². The Bertz CT molecular complexity index is 643. The molecule has 2 aromatic heterocycles. The molecule has 1 saturated heterocycles. The molecular weight excluding hydrogens is 300 g/mol. The second-order valence-electron chi connectivity index (χ2n) is 7.65. The molecular formula is C18H30N6. The van der Waals surface area contributed by atoms with Crippen LogP contribution in [0.4, 0.5) is 0 Å². The van der Waals surface area contributed by atoms with Gasteiger partial charge < -0.3 is 4.57 Å². The molecule has 0 amide bonds. The minimum absolute atomic E-state index is 0.0537. The predicted octanol–water partition coefficient (Wildman–Crippen LogP) is 2.17. The van der Waals surface area contributed by atoms with Gasteiger partial charge in [0, 0.05) is 63.4 Å². The molecule has 3 rings (SSSR count). The van der Waals surface area contributed by atoms with Gasteiger partial charge in [0.1, 0.15) is 5.82 Å². The minimum atomic E-state index is 0.0537. The normalized spacial score (nSPS) is 17.5. The zero-order valence-electron chi connectivity index (χ0n) is 15.4. The SMILES string of the molecule is CCn1ccnc1CN1CCN(Cc2cnn(C(C)(C)C)c2)CC1. The van der Waals surface area contributed by atoms with E-state index in [1.54, 1.807) is 0 Å². The number of aryl methyl sites for hydroxylation is 1. The fourth-order valence-corrected chi connectivity index (χ4v) is 3.15. The number of hydrogen-bond acceptors (Lipinski definition) is 4. The van der Waals surface area contributed by atoms with Gasteiger partial charge in [-0.2, -0.15) is 5.10 Å². The van der Waals surface area contributed by atoms with Crippen LogP contribution in [0.15, 0.2) is 24.8 Å². The third-order valence-corrected chi connectivity index (χ3v) is 4.70. The van der Waals surface area contributed by atoms with Gasteiger partial charge in [-0.15, -0.1) is 0 Å². The molecule has 0 atom stereocenters. The van der Waals surface area contributed by atoms with Crippen LogP contribution in [-0.4, -0.2) is 55.3 Å². The maximum Gasteiger partial charge on any atom is 0.122 e. The van der Waals surface area contributed by atoms with Crippen LogP contribution in [-0.2, 0) is 25.2 Å². The van der Waals surface area contributed by atoms with Crippen LogP contribution in [0, 0.1) is 0 Å². The molecule has 6 heteroatoms. The Morgan fingerprint density at radius 3 is 2.29 bits per heavy atom. The summed E-state index contributed by atoms with van der Waals surface area (Å²) in [7, 11) is 0. The maximum atomic E-state index is 4.51. The zero-order valence-corrected chi connectivity index (χ0v) is 15.4. The molecule has 3 heterocycles.